The smallest absolute Gasteiger partial charge is 0.0843 e. The number of unbranched alkanes of at least 4 members (excludes halogenated alkanes) is 2. The Bertz CT molecular complexity index is 933. The Kier molecular flexibility index (Phi) is 10.5. The van der Waals surface area contributed by atoms with Crippen LogP contribution in [-0.4, -0.2) is 29.1 Å². The molecule has 3 aromatic rings. The quantitative estimate of drug-likeness (QED) is 0.287. The van der Waals surface area contributed by atoms with E-state index in [2.05, 4.69) is 100 Å². The topological polar surface area (TPSA) is 0 Å². The van der Waals surface area contributed by atoms with Crippen molar-refractivity contribution < 1.29 is 0 Å². The first-order chi connectivity index (χ1) is 16.1. The van der Waals surface area contributed by atoms with Crippen LogP contribution in [0.1, 0.15) is 59.8 Å². The first kappa shape index (κ1) is 25.5. The Morgan fingerprint density at radius 3 is 1.24 bits per heavy atom. The molecule has 2 unspecified atom stereocenters. The third-order valence-corrected chi connectivity index (χ3v) is 7.05. The molecule has 0 fully saturated rings. The lowest BCUT2D eigenvalue weighted by molar-refractivity contribution is 0.654. The summed E-state index contributed by atoms with van der Waals surface area (Å²) in [7, 11) is 4.41. The molecule has 0 nitrogen and oxygen atoms in total. The molecule has 0 aliphatic rings. The molecular formula is C29H40B4. The molecule has 0 spiro atoms. The first-order valence-electron chi connectivity index (χ1n) is 13.3. The zero-order valence-electron chi connectivity index (χ0n) is 21.4. The van der Waals surface area contributed by atoms with Crippen molar-refractivity contribution in [2.24, 2.45) is 0 Å². The average molecular weight is 432 g/mol. The van der Waals surface area contributed by atoms with Gasteiger partial charge in [-0.3, -0.25) is 0 Å². The van der Waals surface area contributed by atoms with Crippen molar-refractivity contribution >= 4 is 61.9 Å². The van der Waals surface area contributed by atoms with E-state index < -0.39 is 0 Å². The van der Waals surface area contributed by atoms with E-state index in [0.29, 0.717) is 0 Å². The van der Waals surface area contributed by atoms with E-state index in [9.17, 15) is 0 Å². The van der Waals surface area contributed by atoms with Crippen LogP contribution in [0.5, 0.6) is 0 Å². The van der Waals surface area contributed by atoms with Crippen molar-refractivity contribution in [3.05, 3.63) is 72.8 Å². The van der Waals surface area contributed by atoms with Gasteiger partial charge in [0.15, 0.2) is 29.1 Å². The summed E-state index contributed by atoms with van der Waals surface area (Å²) in [4.78, 5) is 0. The van der Waals surface area contributed by atoms with E-state index in [1.54, 1.807) is 0 Å². The Balaban J connectivity index is 1.49. The van der Waals surface area contributed by atoms with Crippen LogP contribution in [0.4, 0.5) is 0 Å². The predicted molar refractivity (Wildman–Crippen MR) is 159 cm³/mol. The van der Waals surface area contributed by atoms with E-state index in [1.807, 2.05) is 0 Å². The molecule has 33 heavy (non-hydrogen) atoms. The van der Waals surface area contributed by atoms with Gasteiger partial charge in [0, 0.05) is 0 Å². The lowest BCUT2D eigenvalue weighted by atomic mass is 9.56. The standard InChI is InChI=1S/C29H40B4/c1-5-7-8-9-23(4)31-25-12-16-27(17-13-25)33-29-20-18-28(19-21-29)32-26-14-10-24(11-15-26)30-22(3)6-2/h10-23,30-33H,5-9H2,1-4H3. The van der Waals surface area contributed by atoms with Gasteiger partial charge in [-0.25, -0.2) is 0 Å². The second-order valence-electron chi connectivity index (χ2n) is 10.3. The number of benzene rings is 3. The van der Waals surface area contributed by atoms with Crippen molar-refractivity contribution in [3.63, 3.8) is 0 Å². The Labute approximate surface area is 206 Å². The highest BCUT2D eigenvalue weighted by molar-refractivity contribution is 6.69. The Morgan fingerprint density at radius 1 is 0.515 bits per heavy atom. The van der Waals surface area contributed by atoms with Crippen molar-refractivity contribution in [3.8, 4) is 0 Å². The van der Waals surface area contributed by atoms with Crippen LogP contribution >= 0.6 is 0 Å². The fourth-order valence-corrected chi connectivity index (χ4v) is 4.63. The van der Waals surface area contributed by atoms with E-state index in [-0.39, 0.29) is 0 Å². The van der Waals surface area contributed by atoms with E-state index in [1.165, 1.54) is 79.4 Å². The second-order valence-corrected chi connectivity index (χ2v) is 10.3. The Morgan fingerprint density at radius 2 is 0.879 bits per heavy atom. The fourth-order valence-electron chi connectivity index (χ4n) is 4.63. The van der Waals surface area contributed by atoms with E-state index in [4.69, 9.17) is 0 Å². The van der Waals surface area contributed by atoms with Gasteiger partial charge in [-0.1, -0.05) is 177 Å². The molecule has 0 saturated heterocycles. The van der Waals surface area contributed by atoms with Crippen molar-refractivity contribution in [1.82, 2.24) is 0 Å². The van der Waals surface area contributed by atoms with E-state index in [0.717, 1.165) is 26.2 Å². The average Bonchev–Trinajstić information content (AvgIpc) is 2.83. The summed E-state index contributed by atoms with van der Waals surface area (Å²) in [6.45, 7) is 9.28. The largest absolute Gasteiger partial charge is 0.192 e. The molecular weight excluding hydrogens is 392 g/mol. The lowest BCUT2D eigenvalue weighted by Gasteiger charge is -2.10. The van der Waals surface area contributed by atoms with Crippen LogP contribution in [0.25, 0.3) is 0 Å². The third-order valence-electron chi connectivity index (χ3n) is 7.05. The normalized spacial score (nSPS) is 12.6. The molecule has 0 amide bonds. The molecule has 2 atom stereocenters. The van der Waals surface area contributed by atoms with Gasteiger partial charge in [-0.05, 0) is 0 Å². The van der Waals surface area contributed by atoms with Crippen molar-refractivity contribution in [2.45, 2.75) is 71.4 Å². The van der Waals surface area contributed by atoms with Crippen LogP contribution in [0.15, 0.2) is 72.8 Å². The molecule has 3 aromatic carbocycles. The molecule has 4 heteroatoms. The summed E-state index contributed by atoms with van der Waals surface area (Å²) < 4.78 is 0. The van der Waals surface area contributed by atoms with E-state index >= 15 is 0 Å². The van der Waals surface area contributed by atoms with Crippen LogP contribution in [0, 0.1) is 0 Å². The van der Waals surface area contributed by atoms with Crippen LogP contribution in [-0.2, 0) is 0 Å². The molecule has 0 aliphatic heterocycles. The highest BCUT2D eigenvalue weighted by Crippen LogP contribution is 2.13. The first-order valence-corrected chi connectivity index (χ1v) is 13.3. The molecule has 0 aromatic heterocycles. The lowest BCUT2D eigenvalue weighted by Crippen LogP contribution is -2.32. The summed E-state index contributed by atoms with van der Waals surface area (Å²) in [5.74, 6) is 1.55. The molecule has 0 aliphatic carbocycles. The Hall–Kier alpha value is -2.08. The van der Waals surface area contributed by atoms with Gasteiger partial charge in [-0.15, -0.1) is 0 Å². The van der Waals surface area contributed by atoms with Crippen molar-refractivity contribution in [2.75, 3.05) is 0 Å². The van der Waals surface area contributed by atoms with Gasteiger partial charge in [0.05, 0.1) is 0 Å². The molecule has 0 heterocycles. The van der Waals surface area contributed by atoms with Gasteiger partial charge >= 0.3 is 0 Å². The number of rotatable bonds is 13. The zero-order chi connectivity index (χ0) is 23.5. The van der Waals surface area contributed by atoms with Crippen LogP contribution < -0.4 is 32.8 Å². The van der Waals surface area contributed by atoms with Gasteiger partial charge in [0.25, 0.3) is 0 Å². The number of hydrogen-bond donors (Lipinski definition) is 0. The zero-order valence-corrected chi connectivity index (χ0v) is 21.4. The SMILES string of the molecule is CCCCCC(C)Bc1ccc(Bc2ccc(Bc3ccc(BC(C)CC)cc3)cc2)cc1. The van der Waals surface area contributed by atoms with Gasteiger partial charge < -0.3 is 0 Å². The highest BCUT2D eigenvalue weighted by atomic mass is 14.0. The second kappa shape index (κ2) is 13.6. The molecule has 0 bridgehead atoms. The maximum atomic E-state index is 2.40. The summed E-state index contributed by atoms with van der Waals surface area (Å²) in [6, 6.07) is 27.8. The molecule has 0 radical (unpaired) electrons. The minimum atomic E-state index is 0.763. The minimum absolute atomic E-state index is 0.763. The summed E-state index contributed by atoms with van der Waals surface area (Å²) in [5.41, 5.74) is 8.52. The van der Waals surface area contributed by atoms with Gasteiger partial charge in [0.2, 0.25) is 0 Å². The summed E-state index contributed by atoms with van der Waals surface area (Å²) in [5, 5.41) is 0. The van der Waals surface area contributed by atoms with Crippen LogP contribution in [0.2, 0.25) is 11.6 Å². The summed E-state index contributed by atoms with van der Waals surface area (Å²) >= 11 is 0. The summed E-state index contributed by atoms with van der Waals surface area (Å²) in [6.07, 6.45) is 6.65. The highest BCUT2D eigenvalue weighted by Gasteiger charge is 2.08. The van der Waals surface area contributed by atoms with Gasteiger partial charge in [0.1, 0.15) is 0 Å². The molecule has 168 valence electrons. The maximum absolute atomic E-state index is 2.40. The molecule has 0 saturated carbocycles. The van der Waals surface area contributed by atoms with Crippen LogP contribution in [0.3, 0.4) is 0 Å². The molecule has 0 N–H and O–H groups in total. The third kappa shape index (κ3) is 9.00. The predicted octanol–water partition coefficient (Wildman–Crippen LogP) is 2.19. The van der Waals surface area contributed by atoms with Gasteiger partial charge in [-0.2, -0.15) is 0 Å². The molecule has 3 rings (SSSR count). The fraction of sp³-hybridized carbons (Fsp3) is 0.379. The minimum Gasteiger partial charge on any atom is -0.0843 e. The monoisotopic (exact) mass is 432 g/mol. The van der Waals surface area contributed by atoms with Crippen molar-refractivity contribution in [1.29, 1.82) is 0 Å². The maximum Gasteiger partial charge on any atom is 0.192 e. The number of hydrogen-bond acceptors (Lipinski definition) is 0.